The molecule has 1 aliphatic carbocycles. The van der Waals surface area contributed by atoms with Crippen molar-refractivity contribution in [1.82, 2.24) is 0 Å². The highest BCUT2D eigenvalue weighted by Gasteiger charge is 2.31. The second-order valence-electron chi connectivity index (χ2n) is 3.80. The minimum Gasteiger partial charge on any atom is -0.478 e. The van der Waals surface area contributed by atoms with Crippen LogP contribution in [0.5, 0.6) is 0 Å². The second kappa shape index (κ2) is 4.53. The van der Waals surface area contributed by atoms with Crippen LogP contribution in [0.4, 0.5) is 0 Å². The van der Waals surface area contributed by atoms with Crippen LogP contribution in [0.15, 0.2) is 48.1 Å². The lowest BCUT2D eigenvalue weighted by atomic mass is 9.88. The number of carboxylic acid groups (broad SMARTS) is 1. The fraction of sp³-hybridized carbons (Fsp3) is 0.154. The molecule has 4 nitrogen and oxygen atoms in total. The monoisotopic (exact) mass is 232 g/mol. The number of rotatable bonds is 2. The third-order valence-electron chi connectivity index (χ3n) is 2.73. The summed E-state index contributed by atoms with van der Waals surface area (Å²) in [5.41, 5.74) is 1.08. The normalized spacial score (nSPS) is 23.9. The van der Waals surface area contributed by atoms with E-state index in [-0.39, 0.29) is 5.57 Å². The van der Waals surface area contributed by atoms with E-state index in [9.17, 15) is 15.0 Å². The van der Waals surface area contributed by atoms with Crippen LogP contribution in [0.3, 0.4) is 0 Å². The molecule has 4 heteroatoms. The molecule has 0 bridgehead atoms. The van der Waals surface area contributed by atoms with Gasteiger partial charge in [0.1, 0.15) is 12.2 Å². The average Bonchev–Trinajstić information content (AvgIpc) is 2.33. The minimum atomic E-state index is -1.40. The first-order valence-electron chi connectivity index (χ1n) is 5.18. The maximum absolute atomic E-state index is 10.8. The molecule has 1 aromatic carbocycles. The molecule has 0 aliphatic heterocycles. The van der Waals surface area contributed by atoms with Gasteiger partial charge in [0.15, 0.2) is 0 Å². The number of carboxylic acids is 1. The topological polar surface area (TPSA) is 77.8 Å². The molecule has 88 valence electrons. The van der Waals surface area contributed by atoms with Gasteiger partial charge in [0, 0.05) is 0 Å². The van der Waals surface area contributed by atoms with E-state index in [4.69, 9.17) is 5.11 Å². The maximum atomic E-state index is 10.8. The summed E-state index contributed by atoms with van der Waals surface area (Å²) in [6.07, 6.45) is 0.235. The molecule has 2 atom stereocenters. The van der Waals surface area contributed by atoms with Gasteiger partial charge in [-0.05, 0) is 17.2 Å². The van der Waals surface area contributed by atoms with Crippen molar-refractivity contribution in [2.75, 3.05) is 0 Å². The smallest absolute Gasteiger partial charge is 0.334 e. The van der Waals surface area contributed by atoms with Crippen molar-refractivity contribution in [2.45, 2.75) is 12.2 Å². The summed E-state index contributed by atoms with van der Waals surface area (Å²) in [5.74, 6) is -1.22. The summed E-state index contributed by atoms with van der Waals surface area (Å²) in [7, 11) is 0. The SMILES string of the molecule is O=C(O)C1=CC=C(c2ccccc2)[C@H](O)[C@@H]1O. The fourth-order valence-corrected chi connectivity index (χ4v) is 1.81. The van der Waals surface area contributed by atoms with E-state index in [0.717, 1.165) is 5.56 Å². The molecule has 1 aromatic rings. The van der Waals surface area contributed by atoms with Crippen LogP contribution in [0.2, 0.25) is 0 Å². The summed E-state index contributed by atoms with van der Waals surface area (Å²) >= 11 is 0. The first kappa shape index (κ1) is 11.6. The number of aliphatic hydroxyl groups excluding tert-OH is 2. The van der Waals surface area contributed by atoms with E-state index < -0.39 is 18.2 Å². The largest absolute Gasteiger partial charge is 0.478 e. The van der Waals surface area contributed by atoms with Gasteiger partial charge < -0.3 is 15.3 Å². The Morgan fingerprint density at radius 3 is 2.24 bits per heavy atom. The second-order valence-corrected chi connectivity index (χ2v) is 3.80. The lowest BCUT2D eigenvalue weighted by molar-refractivity contribution is -0.134. The Morgan fingerprint density at radius 1 is 1.00 bits per heavy atom. The van der Waals surface area contributed by atoms with E-state index in [1.807, 2.05) is 18.2 Å². The van der Waals surface area contributed by atoms with Crippen molar-refractivity contribution in [3.05, 3.63) is 53.6 Å². The van der Waals surface area contributed by atoms with Gasteiger partial charge in [0.25, 0.3) is 0 Å². The van der Waals surface area contributed by atoms with Crippen molar-refractivity contribution >= 4 is 11.5 Å². The molecule has 0 heterocycles. The van der Waals surface area contributed by atoms with Crippen molar-refractivity contribution in [3.8, 4) is 0 Å². The third kappa shape index (κ3) is 2.13. The van der Waals surface area contributed by atoms with Crippen LogP contribution in [-0.2, 0) is 4.79 Å². The van der Waals surface area contributed by atoms with Gasteiger partial charge in [-0.2, -0.15) is 0 Å². The van der Waals surface area contributed by atoms with Crippen molar-refractivity contribution in [1.29, 1.82) is 0 Å². The lowest BCUT2D eigenvalue weighted by Crippen LogP contribution is -2.34. The predicted molar refractivity (Wildman–Crippen MR) is 62.2 cm³/mol. The Balaban J connectivity index is 2.41. The highest BCUT2D eigenvalue weighted by atomic mass is 16.4. The standard InChI is InChI=1S/C13H12O4/c14-11-9(8-4-2-1-3-5-8)6-7-10(12(11)15)13(16)17/h1-7,11-12,14-15H,(H,16,17)/t11-,12+/m0/s1. The van der Waals surface area contributed by atoms with Crippen molar-refractivity contribution in [2.24, 2.45) is 0 Å². The van der Waals surface area contributed by atoms with E-state index in [2.05, 4.69) is 0 Å². The summed E-state index contributed by atoms with van der Waals surface area (Å²) < 4.78 is 0. The van der Waals surface area contributed by atoms with Gasteiger partial charge in [-0.3, -0.25) is 0 Å². The number of allylic oxidation sites excluding steroid dienone is 2. The highest BCUT2D eigenvalue weighted by Crippen LogP contribution is 2.27. The molecule has 0 saturated heterocycles. The van der Waals surface area contributed by atoms with Gasteiger partial charge in [-0.15, -0.1) is 0 Å². The minimum absolute atomic E-state index is 0.197. The number of benzene rings is 1. The number of hydrogen-bond donors (Lipinski definition) is 3. The van der Waals surface area contributed by atoms with Crippen molar-refractivity contribution in [3.63, 3.8) is 0 Å². The molecule has 0 unspecified atom stereocenters. The molecule has 2 rings (SSSR count). The fourth-order valence-electron chi connectivity index (χ4n) is 1.81. The molecule has 17 heavy (non-hydrogen) atoms. The highest BCUT2D eigenvalue weighted by molar-refractivity contribution is 5.91. The maximum Gasteiger partial charge on any atom is 0.334 e. The molecule has 0 radical (unpaired) electrons. The number of aliphatic hydroxyl groups is 2. The van der Waals surface area contributed by atoms with Crippen LogP contribution in [0.1, 0.15) is 5.56 Å². The van der Waals surface area contributed by atoms with Crippen LogP contribution in [-0.4, -0.2) is 33.5 Å². The van der Waals surface area contributed by atoms with Crippen molar-refractivity contribution < 1.29 is 20.1 Å². The molecule has 3 N–H and O–H groups in total. The molecule has 0 aromatic heterocycles. The van der Waals surface area contributed by atoms with Gasteiger partial charge in [-0.25, -0.2) is 4.79 Å². The summed E-state index contributed by atoms with van der Waals surface area (Å²) in [6.45, 7) is 0. The average molecular weight is 232 g/mol. The van der Waals surface area contributed by atoms with Gasteiger partial charge in [-0.1, -0.05) is 36.4 Å². The number of hydrogen-bond acceptors (Lipinski definition) is 3. The van der Waals surface area contributed by atoms with Crippen LogP contribution >= 0.6 is 0 Å². The quantitative estimate of drug-likeness (QED) is 0.705. The zero-order valence-electron chi connectivity index (χ0n) is 8.95. The third-order valence-corrected chi connectivity index (χ3v) is 2.73. The zero-order chi connectivity index (χ0) is 12.4. The molecule has 0 fully saturated rings. The summed E-state index contributed by atoms with van der Waals surface area (Å²) in [6, 6.07) is 9.05. The van der Waals surface area contributed by atoms with E-state index in [0.29, 0.717) is 5.57 Å². The summed E-state index contributed by atoms with van der Waals surface area (Å²) in [5, 5.41) is 28.4. The lowest BCUT2D eigenvalue weighted by Gasteiger charge is -2.24. The van der Waals surface area contributed by atoms with Crippen LogP contribution < -0.4 is 0 Å². The first-order valence-corrected chi connectivity index (χ1v) is 5.18. The van der Waals surface area contributed by atoms with Gasteiger partial charge in [0.05, 0.1) is 5.57 Å². The van der Waals surface area contributed by atoms with E-state index in [1.165, 1.54) is 12.2 Å². The Kier molecular flexibility index (Phi) is 3.08. The molecule has 0 spiro atoms. The Morgan fingerprint density at radius 2 is 1.65 bits per heavy atom. The molecule has 0 saturated carbocycles. The van der Waals surface area contributed by atoms with Gasteiger partial charge >= 0.3 is 5.97 Å². The Hall–Kier alpha value is -1.91. The Bertz CT molecular complexity index is 487. The van der Waals surface area contributed by atoms with E-state index in [1.54, 1.807) is 12.1 Å². The number of aliphatic carboxylic acids is 1. The van der Waals surface area contributed by atoms with E-state index >= 15 is 0 Å². The van der Waals surface area contributed by atoms with Crippen LogP contribution in [0, 0.1) is 0 Å². The number of carbonyl (C=O) groups is 1. The van der Waals surface area contributed by atoms with Crippen LogP contribution in [0.25, 0.3) is 5.57 Å². The molecule has 0 amide bonds. The molecular weight excluding hydrogens is 220 g/mol. The predicted octanol–water partition coefficient (Wildman–Crippen LogP) is 0.816. The molecular formula is C13H12O4. The first-order chi connectivity index (χ1) is 8.11. The molecule has 1 aliphatic rings. The zero-order valence-corrected chi connectivity index (χ0v) is 8.95. The van der Waals surface area contributed by atoms with Gasteiger partial charge in [0.2, 0.25) is 0 Å². The Labute approximate surface area is 98.1 Å². The summed E-state index contributed by atoms with van der Waals surface area (Å²) in [4.78, 5) is 10.8.